The third kappa shape index (κ3) is 3.02. The quantitative estimate of drug-likeness (QED) is 0.231. The van der Waals surface area contributed by atoms with Crippen molar-refractivity contribution in [2.45, 2.75) is 25.7 Å². The molecule has 0 aliphatic heterocycles. The second kappa shape index (κ2) is 8.27. The Balaban J connectivity index is 1.44. The fraction of sp³-hybridized carbons (Fsp3) is 0.111. The van der Waals surface area contributed by atoms with E-state index in [0.29, 0.717) is 0 Å². The van der Waals surface area contributed by atoms with Gasteiger partial charge in [0.15, 0.2) is 0 Å². The lowest BCUT2D eigenvalue weighted by atomic mass is 9.95. The molecule has 0 spiro atoms. The molecule has 0 fully saturated rings. The molecule has 0 amide bonds. The van der Waals surface area contributed by atoms with Crippen LogP contribution in [0.4, 0.5) is 0 Å². The van der Waals surface area contributed by atoms with Gasteiger partial charge in [0.25, 0.3) is 0 Å². The standard InChI is InChI=1S/C36H26N4/c1-2-11-25-22-37-34(21-24(25)10-1)39-31-16-8-5-13-28(31)35-32(39)19-18-27-26-12-4-7-15-30(26)40(36(27)35)33-20-17-23-9-3-6-14-29(23)38-33/h1-3,5-6,8-11,13-14,16-22H,4,7,12,15H2. The number of para-hydroxylation sites is 2. The lowest BCUT2D eigenvalue weighted by Gasteiger charge is -2.16. The van der Waals surface area contributed by atoms with Crippen LogP contribution in [-0.2, 0) is 12.8 Å². The molecular formula is C36H26N4. The molecular weight excluding hydrogens is 488 g/mol. The van der Waals surface area contributed by atoms with Gasteiger partial charge in [-0.3, -0.25) is 9.13 Å². The molecule has 0 saturated carbocycles. The summed E-state index contributed by atoms with van der Waals surface area (Å²) in [6.45, 7) is 0. The summed E-state index contributed by atoms with van der Waals surface area (Å²) in [6, 6.07) is 36.9. The van der Waals surface area contributed by atoms with E-state index >= 15 is 0 Å². The molecule has 0 N–H and O–H groups in total. The molecule has 4 aromatic heterocycles. The van der Waals surface area contributed by atoms with Gasteiger partial charge in [-0.05, 0) is 73.0 Å². The largest absolute Gasteiger partial charge is 0.297 e. The van der Waals surface area contributed by atoms with Crippen LogP contribution in [0.15, 0.2) is 109 Å². The Bertz CT molecular complexity index is 2280. The third-order valence-electron chi connectivity index (χ3n) is 8.73. The highest BCUT2D eigenvalue weighted by atomic mass is 15.1. The van der Waals surface area contributed by atoms with Gasteiger partial charge in [-0.1, -0.05) is 66.7 Å². The topological polar surface area (TPSA) is 35.6 Å². The van der Waals surface area contributed by atoms with E-state index in [1.54, 1.807) is 0 Å². The van der Waals surface area contributed by atoms with E-state index in [0.717, 1.165) is 35.4 Å². The summed E-state index contributed by atoms with van der Waals surface area (Å²) in [7, 11) is 0. The number of benzene rings is 4. The van der Waals surface area contributed by atoms with E-state index in [9.17, 15) is 0 Å². The highest BCUT2D eigenvalue weighted by molar-refractivity contribution is 6.21. The summed E-state index contributed by atoms with van der Waals surface area (Å²) in [4.78, 5) is 10.2. The zero-order chi connectivity index (χ0) is 26.2. The van der Waals surface area contributed by atoms with Crippen molar-refractivity contribution in [2.24, 2.45) is 0 Å². The first-order valence-electron chi connectivity index (χ1n) is 14.1. The molecule has 0 radical (unpaired) electrons. The van der Waals surface area contributed by atoms with Gasteiger partial charge in [-0.2, -0.15) is 0 Å². The van der Waals surface area contributed by atoms with Gasteiger partial charge in [0, 0.05) is 38.8 Å². The molecule has 1 aliphatic carbocycles. The minimum atomic E-state index is 0.941. The van der Waals surface area contributed by atoms with E-state index in [2.05, 4.69) is 112 Å². The van der Waals surface area contributed by atoms with Crippen LogP contribution >= 0.6 is 0 Å². The van der Waals surface area contributed by atoms with Gasteiger partial charge in [0.2, 0.25) is 0 Å². The highest BCUT2D eigenvalue weighted by Gasteiger charge is 2.26. The number of aromatic nitrogens is 4. The van der Waals surface area contributed by atoms with E-state index in [1.165, 1.54) is 67.6 Å². The maximum atomic E-state index is 5.21. The molecule has 0 unspecified atom stereocenters. The molecule has 0 saturated heterocycles. The van der Waals surface area contributed by atoms with Gasteiger partial charge >= 0.3 is 0 Å². The van der Waals surface area contributed by atoms with Crippen LogP contribution in [-0.4, -0.2) is 19.1 Å². The van der Waals surface area contributed by atoms with Crippen LogP contribution in [0, 0.1) is 0 Å². The molecule has 9 rings (SSSR count). The summed E-state index contributed by atoms with van der Waals surface area (Å²) in [6.07, 6.45) is 6.62. The predicted molar refractivity (Wildman–Crippen MR) is 165 cm³/mol. The zero-order valence-corrected chi connectivity index (χ0v) is 22.0. The lowest BCUT2D eigenvalue weighted by molar-refractivity contribution is 0.665. The Morgan fingerprint density at radius 3 is 2.33 bits per heavy atom. The fourth-order valence-electron chi connectivity index (χ4n) is 6.95. The third-order valence-corrected chi connectivity index (χ3v) is 8.73. The van der Waals surface area contributed by atoms with E-state index < -0.39 is 0 Å². The predicted octanol–water partition coefficient (Wildman–Crippen LogP) is 8.70. The smallest absolute Gasteiger partial charge is 0.138 e. The van der Waals surface area contributed by atoms with Crippen LogP contribution < -0.4 is 0 Å². The lowest BCUT2D eigenvalue weighted by Crippen LogP contribution is -2.08. The molecule has 8 aromatic rings. The van der Waals surface area contributed by atoms with Crippen molar-refractivity contribution in [3.05, 3.63) is 121 Å². The van der Waals surface area contributed by atoms with Crippen molar-refractivity contribution in [3.8, 4) is 11.6 Å². The first kappa shape index (κ1) is 21.9. The molecule has 0 atom stereocenters. The average Bonchev–Trinajstić information content (AvgIpc) is 3.53. The van der Waals surface area contributed by atoms with E-state index in [-0.39, 0.29) is 0 Å². The monoisotopic (exact) mass is 514 g/mol. The Hall–Kier alpha value is -4.96. The van der Waals surface area contributed by atoms with Crippen LogP contribution in [0.25, 0.3) is 66.0 Å². The first-order valence-corrected chi connectivity index (χ1v) is 14.1. The molecule has 1 aliphatic rings. The number of nitrogens with zero attached hydrogens (tertiary/aromatic N) is 4. The molecule has 190 valence electrons. The van der Waals surface area contributed by atoms with Crippen molar-refractivity contribution in [1.82, 2.24) is 19.1 Å². The average molecular weight is 515 g/mol. The second-order valence-electron chi connectivity index (χ2n) is 10.9. The summed E-state index contributed by atoms with van der Waals surface area (Å²) in [5, 5.41) is 7.38. The maximum Gasteiger partial charge on any atom is 0.138 e. The number of fused-ring (bicyclic) bond motifs is 9. The Morgan fingerprint density at radius 1 is 0.575 bits per heavy atom. The van der Waals surface area contributed by atoms with Crippen molar-refractivity contribution >= 4 is 54.4 Å². The number of pyridine rings is 2. The summed E-state index contributed by atoms with van der Waals surface area (Å²) < 4.78 is 4.81. The number of hydrogen-bond acceptors (Lipinski definition) is 2. The van der Waals surface area contributed by atoms with Crippen LogP contribution in [0.1, 0.15) is 24.1 Å². The van der Waals surface area contributed by atoms with Gasteiger partial charge in [-0.15, -0.1) is 0 Å². The van der Waals surface area contributed by atoms with Crippen LogP contribution in [0.3, 0.4) is 0 Å². The van der Waals surface area contributed by atoms with Gasteiger partial charge in [0.1, 0.15) is 11.6 Å². The van der Waals surface area contributed by atoms with Gasteiger partial charge in [-0.25, -0.2) is 9.97 Å². The Morgan fingerprint density at radius 2 is 1.38 bits per heavy atom. The fourth-order valence-corrected chi connectivity index (χ4v) is 6.95. The van der Waals surface area contributed by atoms with Gasteiger partial charge < -0.3 is 0 Å². The second-order valence-corrected chi connectivity index (χ2v) is 10.9. The summed E-state index contributed by atoms with van der Waals surface area (Å²) in [5.74, 6) is 1.94. The molecule has 4 nitrogen and oxygen atoms in total. The number of rotatable bonds is 2. The zero-order valence-electron chi connectivity index (χ0n) is 22.0. The number of hydrogen-bond donors (Lipinski definition) is 0. The first-order chi connectivity index (χ1) is 19.8. The Labute approximate surface area is 231 Å². The van der Waals surface area contributed by atoms with Crippen molar-refractivity contribution < 1.29 is 0 Å². The van der Waals surface area contributed by atoms with Crippen molar-refractivity contribution in [3.63, 3.8) is 0 Å². The van der Waals surface area contributed by atoms with E-state index in [1.807, 2.05) is 6.20 Å². The van der Waals surface area contributed by atoms with Crippen molar-refractivity contribution in [2.75, 3.05) is 0 Å². The number of aryl methyl sites for hydroxylation is 1. The minimum Gasteiger partial charge on any atom is -0.297 e. The summed E-state index contributed by atoms with van der Waals surface area (Å²) in [5.41, 5.74) is 7.54. The van der Waals surface area contributed by atoms with E-state index in [4.69, 9.17) is 9.97 Å². The Kier molecular flexibility index (Phi) is 4.53. The highest BCUT2D eigenvalue weighted by Crippen LogP contribution is 2.42. The minimum absolute atomic E-state index is 0.941. The van der Waals surface area contributed by atoms with Crippen molar-refractivity contribution in [1.29, 1.82) is 0 Å². The molecule has 4 heteroatoms. The van der Waals surface area contributed by atoms with Crippen LogP contribution in [0.5, 0.6) is 0 Å². The SMILES string of the molecule is c1ccc2cc(-n3c4ccccc4c4c5c(ccc43)c3c(n5-c4ccc5ccccc5n4)CCCC3)ncc2c1. The molecule has 4 aromatic carbocycles. The van der Waals surface area contributed by atoms with Gasteiger partial charge in [0.05, 0.1) is 22.1 Å². The normalized spacial score (nSPS) is 13.6. The maximum absolute atomic E-state index is 5.21. The van der Waals surface area contributed by atoms with Crippen LogP contribution in [0.2, 0.25) is 0 Å². The molecule has 0 bridgehead atoms. The molecule has 4 heterocycles. The molecule has 40 heavy (non-hydrogen) atoms. The summed E-state index contributed by atoms with van der Waals surface area (Å²) >= 11 is 0.